The van der Waals surface area contributed by atoms with Crippen molar-refractivity contribution in [3.05, 3.63) is 17.7 Å². The maximum atomic E-state index is 12.8. The Morgan fingerprint density at radius 2 is 2.05 bits per heavy atom. The Bertz CT molecular complexity index is 517. The van der Waals surface area contributed by atoms with E-state index in [1.807, 2.05) is 0 Å². The molecule has 0 bridgehead atoms. The molecule has 2 atom stereocenters. The quantitative estimate of drug-likeness (QED) is 0.882. The molecule has 0 radical (unpaired) electrons. The second kappa shape index (κ2) is 5.36. The van der Waals surface area contributed by atoms with Gasteiger partial charge in [0.25, 0.3) is 0 Å². The highest BCUT2D eigenvalue weighted by Crippen LogP contribution is 2.33. The van der Waals surface area contributed by atoms with Gasteiger partial charge in [0.15, 0.2) is 0 Å². The van der Waals surface area contributed by atoms with Gasteiger partial charge in [0.1, 0.15) is 11.6 Å². The van der Waals surface area contributed by atoms with Gasteiger partial charge >= 0.3 is 6.18 Å². The molecule has 0 saturated carbocycles. The Morgan fingerprint density at radius 1 is 1.24 bits per heavy atom. The normalized spacial score (nSPS) is 26.6. The molecule has 2 saturated heterocycles. The van der Waals surface area contributed by atoms with E-state index in [0.29, 0.717) is 6.04 Å². The van der Waals surface area contributed by atoms with E-state index in [2.05, 4.69) is 15.2 Å². The molecule has 4 nitrogen and oxygen atoms in total. The number of piperidine rings is 1. The summed E-state index contributed by atoms with van der Waals surface area (Å²) in [4.78, 5) is 6.44. The maximum absolute atomic E-state index is 12.8. The van der Waals surface area contributed by atoms with E-state index in [4.69, 9.17) is 5.73 Å². The molecule has 0 aromatic carbocycles. The fourth-order valence-electron chi connectivity index (χ4n) is 3.35. The topological polar surface area (TPSA) is 54.2 Å². The number of pyridine rings is 1. The maximum Gasteiger partial charge on any atom is 0.416 e. The number of nitrogens with one attached hydrogen (secondary N) is 1. The molecule has 0 amide bonds. The molecule has 3 heterocycles. The average molecular weight is 300 g/mol. The molecular formula is C14H19F3N4. The predicted molar refractivity (Wildman–Crippen MR) is 74.9 cm³/mol. The number of alkyl halides is 3. The molecule has 1 aromatic heterocycles. The van der Waals surface area contributed by atoms with Crippen LogP contribution in [0, 0.1) is 0 Å². The number of nitrogens with zero attached hydrogens (tertiary/aromatic N) is 2. The fraction of sp³-hybridized carbons (Fsp3) is 0.643. The van der Waals surface area contributed by atoms with E-state index in [1.54, 1.807) is 0 Å². The minimum atomic E-state index is -4.40. The van der Waals surface area contributed by atoms with E-state index in [0.717, 1.165) is 38.1 Å². The summed E-state index contributed by atoms with van der Waals surface area (Å²) in [6.07, 6.45) is -0.128. The van der Waals surface area contributed by atoms with E-state index in [-0.39, 0.29) is 17.7 Å². The van der Waals surface area contributed by atoms with Crippen LogP contribution in [0.5, 0.6) is 0 Å². The van der Waals surface area contributed by atoms with Crippen LogP contribution in [-0.4, -0.2) is 35.1 Å². The van der Waals surface area contributed by atoms with Gasteiger partial charge in [-0.1, -0.05) is 0 Å². The Kier molecular flexibility index (Phi) is 3.69. The molecule has 2 aliphatic heterocycles. The van der Waals surface area contributed by atoms with Gasteiger partial charge in [0.2, 0.25) is 0 Å². The van der Waals surface area contributed by atoms with Crippen molar-refractivity contribution in [3.8, 4) is 0 Å². The highest BCUT2D eigenvalue weighted by molar-refractivity contribution is 5.48. The Labute approximate surface area is 121 Å². The van der Waals surface area contributed by atoms with E-state index < -0.39 is 11.7 Å². The number of hydrogen-bond donors (Lipinski definition) is 2. The third kappa shape index (κ3) is 3.23. The number of anilines is 2. The first kappa shape index (κ1) is 14.4. The van der Waals surface area contributed by atoms with Crippen LogP contribution in [0.2, 0.25) is 0 Å². The molecule has 0 aliphatic carbocycles. The van der Waals surface area contributed by atoms with Crippen LogP contribution in [0.25, 0.3) is 0 Å². The van der Waals surface area contributed by atoms with Crippen molar-refractivity contribution in [1.29, 1.82) is 0 Å². The third-order valence-electron chi connectivity index (χ3n) is 4.34. The Balaban J connectivity index is 1.71. The molecule has 3 N–H and O–H groups in total. The number of aromatic nitrogens is 1. The highest BCUT2D eigenvalue weighted by atomic mass is 19.4. The van der Waals surface area contributed by atoms with Crippen molar-refractivity contribution in [2.45, 2.75) is 43.9 Å². The lowest BCUT2D eigenvalue weighted by atomic mass is 9.97. The van der Waals surface area contributed by atoms with Crippen molar-refractivity contribution in [1.82, 2.24) is 9.88 Å². The van der Waals surface area contributed by atoms with Gasteiger partial charge in [0.05, 0.1) is 5.56 Å². The number of rotatable bonds is 2. The summed E-state index contributed by atoms with van der Waals surface area (Å²) in [5.74, 6) is 0.115. The molecule has 7 heteroatoms. The van der Waals surface area contributed by atoms with Crippen LogP contribution < -0.4 is 11.1 Å². The van der Waals surface area contributed by atoms with Crippen LogP contribution in [0.4, 0.5) is 24.8 Å². The number of nitrogen functional groups attached to an aromatic ring is 1. The Hall–Kier alpha value is -1.50. The molecule has 2 aliphatic rings. The van der Waals surface area contributed by atoms with Crippen molar-refractivity contribution in [3.63, 3.8) is 0 Å². The first-order valence-electron chi connectivity index (χ1n) is 7.27. The number of halogens is 3. The fourth-order valence-corrected chi connectivity index (χ4v) is 3.35. The van der Waals surface area contributed by atoms with Gasteiger partial charge in [-0.05, 0) is 44.4 Å². The smallest absolute Gasteiger partial charge is 0.384 e. The van der Waals surface area contributed by atoms with Gasteiger partial charge in [-0.3, -0.25) is 0 Å². The van der Waals surface area contributed by atoms with Crippen molar-refractivity contribution in [2.75, 3.05) is 24.1 Å². The second-order valence-corrected chi connectivity index (χ2v) is 5.86. The summed E-state index contributed by atoms with van der Waals surface area (Å²) in [7, 11) is 0. The van der Waals surface area contributed by atoms with Crippen LogP contribution >= 0.6 is 0 Å². The molecule has 3 rings (SSSR count). The van der Waals surface area contributed by atoms with Crippen molar-refractivity contribution < 1.29 is 13.2 Å². The molecule has 2 fully saturated rings. The van der Waals surface area contributed by atoms with Gasteiger partial charge in [-0.25, -0.2) is 4.98 Å². The zero-order chi connectivity index (χ0) is 15.0. The lowest BCUT2D eigenvalue weighted by Crippen LogP contribution is -2.42. The summed E-state index contributed by atoms with van der Waals surface area (Å²) in [6.45, 7) is 2.14. The minimum Gasteiger partial charge on any atom is -0.384 e. The largest absolute Gasteiger partial charge is 0.416 e. The molecular weight excluding hydrogens is 281 g/mol. The lowest BCUT2D eigenvalue weighted by Gasteiger charge is -2.35. The predicted octanol–water partition coefficient (Wildman–Crippen LogP) is 2.72. The molecule has 116 valence electrons. The van der Waals surface area contributed by atoms with Gasteiger partial charge < -0.3 is 16.0 Å². The molecule has 1 aromatic rings. The van der Waals surface area contributed by atoms with Gasteiger partial charge in [-0.15, -0.1) is 0 Å². The summed E-state index contributed by atoms with van der Waals surface area (Å²) in [5.41, 5.74) is 4.73. The first-order valence-corrected chi connectivity index (χ1v) is 7.27. The van der Waals surface area contributed by atoms with E-state index in [9.17, 15) is 13.2 Å². The number of hydrogen-bond acceptors (Lipinski definition) is 4. The zero-order valence-corrected chi connectivity index (χ0v) is 11.7. The standard InChI is InChI=1S/C14H19F3N4/c15-14(16,17)9-6-12(18)20-13(7-9)19-10-3-5-21-4-1-2-11(21)8-10/h6-7,10-11H,1-5,8H2,(H3,18,19,20). The van der Waals surface area contributed by atoms with Crippen molar-refractivity contribution in [2.24, 2.45) is 0 Å². The minimum absolute atomic E-state index is 0.106. The van der Waals surface area contributed by atoms with Crippen LogP contribution in [-0.2, 0) is 6.18 Å². The average Bonchev–Trinajstić information content (AvgIpc) is 2.84. The number of fused-ring (bicyclic) bond motifs is 1. The second-order valence-electron chi connectivity index (χ2n) is 5.86. The Morgan fingerprint density at radius 3 is 2.81 bits per heavy atom. The molecule has 2 unspecified atom stereocenters. The van der Waals surface area contributed by atoms with Crippen LogP contribution in [0.15, 0.2) is 12.1 Å². The summed E-state index contributed by atoms with van der Waals surface area (Å²) in [6, 6.07) is 2.63. The van der Waals surface area contributed by atoms with Crippen molar-refractivity contribution >= 4 is 11.6 Å². The summed E-state index contributed by atoms with van der Waals surface area (Å²) >= 11 is 0. The van der Waals surface area contributed by atoms with E-state index in [1.165, 1.54) is 12.8 Å². The summed E-state index contributed by atoms with van der Waals surface area (Å²) < 4.78 is 38.4. The van der Waals surface area contributed by atoms with Gasteiger partial charge in [0, 0.05) is 18.6 Å². The summed E-state index contributed by atoms with van der Waals surface area (Å²) in [5, 5.41) is 3.13. The lowest BCUT2D eigenvalue weighted by molar-refractivity contribution is -0.137. The zero-order valence-electron chi connectivity index (χ0n) is 11.7. The SMILES string of the molecule is Nc1cc(C(F)(F)F)cc(NC2CCN3CCCC3C2)n1. The number of nitrogens with two attached hydrogens (primary N) is 1. The molecule has 0 spiro atoms. The van der Waals surface area contributed by atoms with Gasteiger partial charge in [-0.2, -0.15) is 13.2 Å². The molecule has 21 heavy (non-hydrogen) atoms. The third-order valence-corrected chi connectivity index (χ3v) is 4.34. The highest BCUT2D eigenvalue weighted by Gasteiger charge is 2.33. The monoisotopic (exact) mass is 300 g/mol. The van der Waals surface area contributed by atoms with E-state index >= 15 is 0 Å². The first-order chi connectivity index (χ1) is 9.91. The van der Waals surface area contributed by atoms with Crippen LogP contribution in [0.1, 0.15) is 31.2 Å². The van der Waals surface area contributed by atoms with Crippen LogP contribution in [0.3, 0.4) is 0 Å².